The van der Waals surface area contributed by atoms with Crippen molar-refractivity contribution >= 4 is 142 Å². The van der Waals surface area contributed by atoms with Gasteiger partial charge in [0.05, 0.1) is 0 Å². The van der Waals surface area contributed by atoms with Crippen molar-refractivity contribution < 1.29 is 0 Å². The van der Waals surface area contributed by atoms with E-state index in [4.69, 9.17) is 0.677 Å². The summed E-state index contributed by atoms with van der Waals surface area (Å²) in [6.07, 6.45) is 0. The number of rotatable bonds is 0. The van der Waals surface area contributed by atoms with Crippen LogP contribution in [0.5, 0.6) is 0 Å². The first-order chi connectivity index (χ1) is 2.00. The van der Waals surface area contributed by atoms with Crippen molar-refractivity contribution in [3.8, 4) is 0 Å². The average Bonchev–Trinajstić information content (AvgIpc) is 1.50. The SMILES string of the molecule is [Ba+2].[N-]=[Ba].[N-]=[Ba]. The fraction of sp³-hybridized carbons (Fsp3) is 0. The number of hydrogen-bond acceptors (Lipinski definition) is 0. The Labute approximate surface area is 137 Å². The molecule has 0 saturated heterocycles. The third-order valence-electron chi connectivity index (χ3n) is 0. The molecule has 0 amide bonds. The first-order valence-corrected chi connectivity index (χ1v) is 4.60. The van der Waals surface area contributed by atoms with Gasteiger partial charge in [0.2, 0.25) is 0 Å². The first kappa shape index (κ1) is 16.1. The van der Waals surface area contributed by atoms with Gasteiger partial charge in [-0.2, -0.15) is 0 Å². The minimum absolute atomic E-state index is 0. The number of nitrogens with zero attached hydrogens (tertiary/aromatic N) is 2. The van der Waals surface area contributed by atoms with Gasteiger partial charge in [-0.1, -0.05) is 0 Å². The van der Waals surface area contributed by atoms with Crippen LogP contribution in [0.1, 0.15) is 0 Å². The molecule has 0 rings (SSSR count). The summed E-state index contributed by atoms with van der Waals surface area (Å²) in [5.41, 5.74) is 0. The van der Waals surface area contributed by atoms with Gasteiger partial charge in [-0.25, -0.2) is 0 Å². The second kappa shape index (κ2) is 23.9. The molecule has 16 valence electrons. The summed E-state index contributed by atoms with van der Waals surface area (Å²) in [5, 5.41) is 0. The third-order valence-corrected chi connectivity index (χ3v) is 0. The van der Waals surface area contributed by atoms with Gasteiger partial charge >= 0.3 is 142 Å². The summed E-state index contributed by atoms with van der Waals surface area (Å²) in [4.78, 5) is 0. The summed E-state index contributed by atoms with van der Waals surface area (Å²) in [6.45, 7) is 0. The predicted molar refractivity (Wildman–Crippen MR) is 24.0 cm³/mol. The van der Waals surface area contributed by atoms with Crippen molar-refractivity contribution in [2.24, 2.45) is 0 Å². The molecular formula is Ba3N2. The van der Waals surface area contributed by atoms with E-state index in [1.165, 1.54) is 0 Å². The summed E-state index contributed by atoms with van der Waals surface area (Å²) in [6, 6.07) is 0. The van der Waals surface area contributed by atoms with Crippen LogP contribution in [0.4, 0.5) is 0 Å². The second-order valence-electron chi connectivity index (χ2n) is 0. The van der Waals surface area contributed by atoms with E-state index in [1.54, 1.807) is 0 Å². The van der Waals surface area contributed by atoms with Gasteiger partial charge in [-0.3, -0.25) is 0 Å². The van der Waals surface area contributed by atoms with E-state index in [1.807, 2.05) is 0 Å². The molecule has 0 aliphatic carbocycles. The predicted octanol–water partition coefficient (Wildman–Crippen LogP) is -0.565. The fourth-order valence-electron chi connectivity index (χ4n) is 0. The van der Waals surface area contributed by atoms with Crippen LogP contribution in [0.3, 0.4) is 0 Å². The Kier molecular flexibility index (Phi) is 77.2. The van der Waals surface area contributed by atoms with Crippen molar-refractivity contribution in [3.05, 3.63) is 0.677 Å². The zero-order valence-electron chi connectivity index (χ0n) is 3.02. The van der Waals surface area contributed by atoms with Gasteiger partial charge < -0.3 is 0 Å². The van der Waals surface area contributed by atoms with E-state index < -0.39 is 0 Å². The zero-order valence-corrected chi connectivity index (χ0v) is 16.3. The molecule has 0 saturated carbocycles. The molecular weight excluding hydrogens is 440 g/mol. The van der Waals surface area contributed by atoms with Crippen molar-refractivity contribution in [3.63, 3.8) is 0 Å². The summed E-state index contributed by atoms with van der Waals surface area (Å²) in [5.74, 6) is 0. The Bertz CT molecular complexity index is 6.85. The van der Waals surface area contributed by atoms with E-state index in [9.17, 15) is 0 Å². The van der Waals surface area contributed by atoms with Crippen LogP contribution in [-0.2, 0) is 0 Å². The zero-order chi connectivity index (χ0) is 4.00. The topological polar surface area (TPSA) is 44.6 Å². The molecule has 5 heavy (non-hydrogen) atoms. The molecule has 0 spiro atoms. The summed E-state index contributed by atoms with van der Waals surface area (Å²) in [7, 11) is 0. The molecule has 0 radical (unpaired) electrons. The quantitative estimate of drug-likeness (QED) is 0.454. The van der Waals surface area contributed by atoms with Crippen molar-refractivity contribution in [2.45, 2.75) is 0 Å². The maximum atomic E-state index is 7.19. The van der Waals surface area contributed by atoms with E-state index in [-0.39, 0.29) is 142 Å². The van der Waals surface area contributed by atoms with Gasteiger partial charge in [-0.15, -0.1) is 0 Å². The molecule has 0 atom stereocenters. The fourth-order valence-corrected chi connectivity index (χ4v) is 0. The van der Waals surface area contributed by atoms with E-state index in [0.29, 0.717) is 0 Å². The molecule has 0 heterocycles. The molecule has 0 N–H and O–H groups in total. The number of hydrogen-bond donors (Lipinski definition) is 0. The van der Waals surface area contributed by atoms with Crippen LogP contribution in [-0.4, -0.2) is 142 Å². The molecule has 0 aliphatic rings. The normalized spacial score (nSPS) is 2.40. The monoisotopic (exact) mass is 442 g/mol. The van der Waals surface area contributed by atoms with Crippen molar-refractivity contribution in [1.82, 2.24) is 0 Å². The molecule has 2 nitrogen and oxygen atoms in total. The molecule has 0 fully saturated rings. The van der Waals surface area contributed by atoms with Crippen LogP contribution >= 0.6 is 0 Å². The van der Waals surface area contributed by atoms with Crippen LogP contribution in [0.2, 0.25) is 0 Å². The summed E-state index contributed by atoms with van der Waals surface area (Å²) >= 11 is 0.0556. The Morgan fingerprint density at radius 2 is 0.800 bits per heavy atom. The van der Waals surface area contributed by atoms with E-state index in [0.717, 1.165) is 0 Å². The average molecular weight is 440 g/mol. The van der Waals surface area contributed by atoms with Crippen LogP contribution in [0.25, 0.3) is 0.677 Å². The van der Waals surface area contributed by atoms with Crippen LogP contribution in [0, 0.1) is 0 Å². The van der Waals surface area contributed by atoms with Gasteiger partial charge in [0.1, 0.15) is 0 Å². The van der Waals surface area contributed by atoms with E-state index >= 15 is 0 Å². The third kappa shape index (κ3) is 17.8. The Hall–Kier alpha value is 4.31. The molecule has 5 heteroatoms. The molecule has 0 aromatic heterocycles. The van der Waals surface area contributed by atoms with Crippen LogP contribution in [0.15, 0.2) is 0 Å². The van der Waals surface area contributed by atoms with E-state index in [2.05, 4.69) is 0 Å². The molecule has 0 aromatic rings. The standard InChI is InChI=1S/3Ba.2N/q;;+2;2*-1. The molecule has 0 aromatic carbocycles. The molecule has 0 bridgehead atoms. The Morgan fingerprint density at radius 3 is 0.800 bits per heavy atom. The minimum atomic E-state index is 0. The summed E-state index contributed by atoms with van der Waals surface area (Å²) < 4.78 is 14.4. The Balaban J connectivity index is -0.0000000133. The first-order valence-electron chi connectivity index (χ1n) is 0.632. The maximum absolute atomic E-state index is 7.19. The molecule has 0 aliphatic heterocycles. The molecule has 0 unspecified atom stereocenters. The van der Waals surface area contributed by atoms with Crippen LogP contribution < -0.4 is 0 Å². The van der Waals surface area contributed by atoms with Gasteiger partial charge in [0, 0.05) is 0 Å². The van der Waals surface area contributed by atoms with Crippen molar-refractivity contribution in [2.75, 3.05) is 0 Å². The van der Waals surface area contributed by atoms with Gasteiger partial charge in [0.25, 0.3) is 0 Å². The van der Waals surface area contributed by atoms with Gasteiger partial charge in [0.15, 0.2) is 0 Å². The Morgan fingerprint density at radius 1 is 0.800 bits per heavy atom. The second-order valence-corrected chi connectivity index (χ2v) is 0. The van der Waals surface area contributed by atoms with Gasteiger partial charge in [-0.05, 0) is 0 Å². The van der Waals surface area contributed by atoms with Crippen molar-refractivity contribution in [1.29, 1.82) is 0 Å².